The van der Waals surface area contributed by atoms with Crippen LogP contribution in [0.25, 0.3) is 0 Å². The standard InChI is InChI=1S/C17H24N4O2S2.HI/c1-3-18-17(19-10-9-15-13-24-14(2)21-15)20-11-12-25(22,23)16-7-5-4-6-8-16;/h4-8,13H,3,9-12H2,1-2H3,(H2,18,19,20);1H. The minimum atomic E-state index is -3.30. The highest BCUT2D eigenvalue weighted by Gasteiger charge is 2.13. The topological polar surface area (TPSA) is 83.5 Å². The molecule has 0 aliphatic heterocycles. The lowest BCUT2D eigenvalue weighted by Gasteiger charge is -2.10. The first kappa shape index (κ1) is 22.8. The second-order valence-corrected chi connectivity index (χ2v) is 8.60. The van der Waals surface area contributed by atoms with Crippen LogP contribution in [0.2, 0.25) is 0 Å². The maximum atomic E-state index is 12.3. The quantitative estimate of drug-likeness (QED) is 0.326. The van der Waals surface area contributed by atoms with Crippen LogP contribution in [0, 0.1) is 6.92 Å². The number of guanidine groups is 1. The van der Waals surface area contributed by atoms with Gasteiger partial charge in [-0.05, 0) is 26.0 Å². The molecular formula is C17H25IN4O2S2. The average Bonchev–Trinajstić information content (AvgIpc) is 3.01. The van der Waals surface area contributed by atoms with Gasteiger partial charge in [-0.1, -0.05) is 18.2 Å². The molecule has 0 atom stereocenters. The zero-order chi connectivity index (χ0) is 18.1. The third kappa shape index (κ3) is 7.58. The number of nitrogens with one attached hydrogen (secondary N) is 2. The van der Waals surface area contributed by atoms with Crippen molar-refractivity contribution in [2.24, 2.45) is 4.99 Å². The van der Waals surface area contributed by atoms with Gasteiger partial charge in [0.1, 0.15) is 0 Å². The van der Waals surface area contributed by atoms with E-state index in [4.69, 9.17) is 0 Å². The third-order valence-corrected chi connectivity index (χ3v) is 5.95. The molecule has 0 saturated carbocycles. The lowest BCUT2D eigenvalue weighted by Crippen LogP contribution is -2.38. The van der Waals surface area contributed by atoms with E-state index in [0.717, 1.165) is 17.1 Å². The van der Waals surface area contributed by atoms with Crippen LogP contribution in [0.15, 0.2) is 45.6 Å². The second-order valence-electron chi connectivity index (χ2n) is 5.43. The van der Waals surface area contributed by atoms with Crippen molar-refractivity contribution < 1.29 is 8.42 Å². The minimum Gasteiger partial charge on any atom is -0.357 e. The molecule has 0 amide bonds. The van der Waals surface area contributed by atoms with Crippen molar-refractivity contribution in [3.8, 4) is 0 Å². The molecule has 1 aromatic heterocycles. The lowest BCUT2D eigenvalue weighted by molar-refractivity contribution is 0.596. The normalized spacial score (nSPS) is 11.7. The van der Waals surface area contributed by atoms with E-state index in [0.29, 0.717) is 23.9 Å². The van der Waals surface area contributed by atoms with Crippen LogP contribution in [0.4, 0.5) is 0 Å². The molecule has 0 aliphatic carbocycles. The highest BCUT2D eigenvalue weighted by molar-refractivity contribution is 14.0. The van der Waals surface area contributed by atoms with Gasteiger partial charge in [-0.25, -0.2) is 13.4 Å². The fraction of sp³-hybridized carbons (Fsp3) is 0.412. The molecule has 0 radical (unpaired) electrons. The zero-order valence-corrected chi connectivity index (χ0v) is 18.9. The number of hydrogen-bond acceptors (Lipinski definition) is 5. The largest absolute Gasteiger partial charge is 0.357 e. The molecule has 2 aromatic rings. The summed E-state index contributed by atoms with van der Waals surface area (Å²) in [6.07, 6.45) is 0.803. The smallest absolute Gasteiger partial charge is 0.191 e. The summed E-state index contributed by atoms with van der Waals surface area (Å²) in [4.78, 5) is 9.11. The SMILES string of the molecule is CCNC(=NCCS(=O)(=O)c1ccccc1)NCCc1csc(C)n1.I. The van der Waals surface area contributed by atoms with Crippen molar-refractivity contribution in [3.63, 3.8) is 0 Å². The maximum absolute atomic E-state index is 12.3. The Labute approximate surface area is 176 Å². The number of aliphatic imine (C=N–C) groups is 1. The van der Waals surface area contributed by atoms with E-state index >= 15 is 0 Å². The molecule has 0 bridgehead atoms. The average molecular weight is 508 g/mol. The predicted octanol–water partition coefficient (Wildman–Crippen LogP) is 2.64. The first-order valence-electron chi connectivity index (χ1n) is 8.22. The summed E-state index contributed by atoms with van der Waals surface area (Å²) in [6, 6.07) is 8.47. The van der Waals surface area contributed by atoms with E-state index in [1.165, 1.54) is 0 Å². The zero-order valence-electron chi connectivity index (χ0n) is 14.9. The van der Waals surface area contributed by atoms with Gasteiger partial charge in [-0.15, -0.1) is 35.3 Å². The van der Waals surface area contributed by atoms with Crippen molar-refractivity contribution in [3.05, 3.63) is 46.4 Å². The maximum Gasteiger partial charge on any atom is 0.191 e. The summed E-state index contributed by atoms with van der Waals surface area (Å²) in [5.41, 5.74) is 1.05. The first-order valence-corrected chi connectivity index (χ1v) is 10.8. The van der Waals surface area contributed by atoms with E-state index in [1.807, 2.05) is 19.2 Å². The van der Waals surface area contributed by atoms with E-state index in [-0.39, 0.29) is 36.3 Å². The summed E-state index contributed by atoms with van der Waals surface area (Å²) in [7, 11) is -3.30. The van der Waals surface area contributed by atoms with Gasteiger partial charge in [-0.3, -0.25) is 4.99 Å². The Kier molecular flexibility index (Phi) is 10.1. The van der Waals surface area contributed by atoms with Crippen molar-refractivity contribution >= 4 is 51.1 Å². The molecule has 0 spiro atoms. The van der Waals surface area contributed by atoms with Crippen LogP contribution in [-0.4, -0.2) is 44.7 Å². The molecule has 0 saturated heterocycles. The van der Waals surface area contributed by atoms with E-state index in [1.54, 1.807) is 41.7 Å². The van der Waals surface area contributed by atoms with Gasteiger partial charge >= 0.3 is 0 Å². The highest BCUT2D eigenvalue weighted by Crippen LogP contribution is 2.10. The predicted molar refractivity (Wildman–Crippen MR) is 118 cm³/mol. The molecule has 0 unspecified atom stereocenters. The molecule has 0 aliphatic rings. The Morgan fingerprint density at radius 2 is 1.96 bits per heavy atom. The Morgan fingerprint density at radius 1 is 1.23 bits per heavy atom. The molecule has 9 heteroatoms. The van der Waals surface area contributed by atoms with Crippen LogP contribution in [0.3, 0.4) is 0 Å². The van der Waals surface area contributed by atoms with E-state index in [9.17, 15) is 8.42 Å². The van der Waals surface area contributed by atoms with Crippen molar-refractivity contribution in [1.82, 2.24) is 15.6 Å². The van der Waals surface area contributed by atoms with Gasteiger partial charge < -0.3 is 10.6 Å². The molecule has 1 heterocycles. The number of rotatable bonds is 8. The molecule has 6 nitrogen and oxygen atoms in total. The summed E-state index contributed by atoms with van der Waals surface area (Å²) in [5.74, 6) is 0.608. The number of benzene rings is 1. The number of sulfone groups is 1. The Balaban J connectivity index is 0.00000338. The molecule has 144 valence electrons. The van der Waals surface area contributed by atoms with E-state index < -0.39 is 9.84 Å². The van der Waals surface area contributed by atoms with E-state index in [2.05, 4.69) is 20.6 Å². The molecule has 26 heavy (non-hydrogen) atoms. The van der Waals surface area contributed by atoms with Crippen LogP contribution < -0.4 is 10.6 Å². The monoisotopic (exact) mass is 508 g/mol. The van der Waals surface area contributed by atoms with Crippen LogP contribution in [0.5, 0.6) is 0 Å². The number of aryl methyl sites for hydroxylation is 1. The van der Waals surface area contributed by atoms with Crippen LogP contribution in [-0.2, 0) is 16.3 Å². The molecule has 2 rings (SSSR count). The summed E-state index contributed by atoms with van der Waals surface area (Å²) in [5, 5.41) is 9.45. The van der Waals surface area contributed by atoms with Gasteiger partial charge in [0.15, 0.2) is 15.8 Å². The van der Waals surface area contributed by atoms with Crippen molar-refractivity contribution in [1.29, 1.82) is 0 Å². The third-order valence-electron chi connectivity index (χ3n) is 3.42. The Morgan fingerprint density at radius 3 is 2.58 bits per heavy atom. The van der Waals surface area contributed by atoms with Crippen LogP contribution >= 0.6 is 35.3 Å². The fourth-order valence-electron chi connectivity index (χ4n) is 2.20. The first-order chi connectivity index (χ1) is 12.0. The highest BCUT2D eigenvalue weighted by atomic mass is 127. The molecular weight excluding hydrogens is 483 g/mol. The van der Waals surface area contributed by atoms with Gasteiger partial charge in [0, 0.05) is 24.9 Å². The second kappa shape index (κ2) is 11.5. The Hall–Kier alpha value is -1.20. The van der Waals surface area contributed by atoms with Gasteiger partial charge in [0.25, 0.3) is 0 Å². The number of halogens is 1. The number of aromatic nitrogens is 1. The van der Waals surface area contributed by atoms with Crippen molar-refractivity contribution in [2.75, 3.05) is 25.4 Å². The number of hydrogen-bond donors (Lipinski definition) is 2. The van der Waals surface area contributed by atoms with Crippen molar-refractivity contribution in [2.45, 2.75) is 25.2 Å². The number of thiazole rings is 1. The van der Waals surface area contributed by atoms with Gasteiger partial charge in [0.05, 0.1) is 27.9 Å². The van der Waals surface area contributed by atoms with Crippen LogP contribution in [0.1, 0.15) is 17.6 Å². The number of nitrogens with zero attached hydrogens (tertiary/aromatic N) is 2. The molecule has 1 aromatic carbocycles. The van der Waals surface area contributed by atoms with Gasteiger partial charge in [-0.2, -0.15) is 0 Å². The molecule has 0 fully saturated rings. The lowest BCUT2D eigenvalue weighted by atomic mass is 10.3. The molecule has 2 N–H and O–H groups in total. The summed E-state index contributed by atoms with van der Waals surface area (Å²) < 4.78 is 24.5. The van der Waals surface area contributed by atoms with Gasteiger partial charge in [0.2, 0.25) is 0 Å². The Bertz CT molecular complexity index is 792. The fourth-order valence-corrected chi connectivity index (χ4v) is 3.98. The minimum absolute atomic E-state index is 0. The summed E-state index contributed by atoms with van der Waals surface area (Å²) in [6.45, 7) is 5.58. The summed E-state index contributed by atoms with van der Waals surface area (Å²) >= 11 is 1.64.